The van der Waals surface area contributed by atoms with Gasteiger partial charge in [0.1, 0.15) is 0 Å². The van der Waals surface area contributed by atoms with E-state index in [1.165, 1.54) is 0 Å². The van der Waals surface area contributed by atoms with E-state index < -0.39 is 0 Å². The van der Waals surface area contributed by atoms with Crippen molar-refractivity contribution in [2.75, 3.05) is 33.4 Å². The van der Waals surface area contributed by atoms with E-state index in [9.17, 15) is 0 Å². The van der Waals surface area contributed by atoms with Crippen LogP contribution in [0, 0.1) is 5.41 Å². The predicted molar refractivity (Wildman–Crippen MR) is 50.1 cm³/mol. The van der Waals surface area contributed by atoms with Gasteiger partial charge >= 0.3 is 0 Å². The fraction of sp³-hybridized carbons (Fsp3) is 1.00. The molecule has 0 bridgehead atoms. The van der Waals surface area contributed by atoms with Crippen LogP contribution in [-0.4, -0.2) is 48.5 Å². The van der Waals surface area contributed by atoms with Crippen LogP contribution in [0.3, 0.4) is 0 Å². The summed E-state index contributed by atoms with van der Waals surface area (Å²) in [6.07, 6.45) is 0.958. The van der Waals surface area contributed by atoms with Crippen LogP contribution in [0.5, 0.6) is 0 Å². The summed E-state index contributed by atoms with van der Waals surface area (Å²) in [6, 6.07) is 0. The van der Waals surface area contributed by atoms with Crippen molar-refractivity contribution >= 4 is 0 Å². The molecule has 3 nitrogen and oxygen atoms in total. The average molecular weight is 175 g/mol. The van der Waals surface area contributed by atoms with Crippen LogP contribution >= 0.6 is 0 Å². The monoisotopic (exact) mass is 175 g/mol. The molecular weight excluding hydrogens is 154 g/mol. The molecule has 0 saturated heterocycles. The second kappa shape index (κ2) is 5.51. The molecule has 2 N–H and O–H groups in total. The Labute approximate surface area is 75.0 Å². The normalized spacial score (nSPS) is 16.5. The first-order chi connectivity index (χ1) is 5.58. The van der Waals surface area contributed by atoms with Gasteiger partial charge < -0.3 is 15.1 Å². The van der Waals surface area contributed by atoms with E-state index >= 15 is 0 Å². The van der Waals surface area contributed by atoms with Crippen LogP contribution in [0.15, 0.2) is 0 Å². The van der Waals surface area contributed by atoms with Crippen molar-refractivity contribution in [2.24, 2.45) is 5.41 Å². The van der Waals surface area contributed by atoms with E-state index in [1.54, 1.807) is 0 Å². The number of aliphatic hydroxyl groups is 2. The standard InChI is InChI=1S/C9H21NO2/c1-4-9(2,8-12)7-10(3)5-6-11/h11-12H,4-8H2,1-3H3. The topological polar surface area (TPSA) is 43.7 Å². The van der Waals surface area contributed by atoms with Crippen molar-refractivity contribution in [1.29, 1.82) is 0 Å². The van der Waals surface area contributed by atoms with Gasteiger partial charge in [-0.2, -0.15) is 0 Å². The Morgan fingerprint density at radius 2 is 1.92 bits per heavy atom. The first kappa shape index (κ1) is 11.9. The smallest absolute Gasteiger partial charge is 0.0558 e. The third kappa shape index (κ3) is 4.04. The molecule has 0 rings (SSSR count). The molecule has 0 saturated carbocycles. The van der Waals surface area contributed by atoms with Crippen molar-refractivity contribution in [3.63, 3.8) is 0 Å². The summed E-state index contributed by atoms with van der Waals surface area (Å²) < 4.78 is 0. The lowest BCUT2D eigenvalue weighted by Gasteiger charge is -2.30. The maximum absolute atomic E-state index is 9.11. The van der Waals surface area contributed by atoms with E-state index in [-0.39, 0.29) is 18.6 Å². The van der Waals surface area contributed by atoms with Gasteiger partial charge in [0.2, 0.25) is 0 Å². The Hall–Kier alpha value is -0.120. The first-order valence-electron chi connectivity index (χ1n) is 4.48. The molecule has 1 unspecified atom stereocenters. The van der Waals surface area contributed by atoms with Gasteiger partial charge in [-0.3, -0.25) is 0 Å². The molecule has 0 fully saturated rings. The molecule has 74 valence electrons. The van der Waals surface area contributed by atoms with E-state index in [0.717, 1.165) is 13.0 Å². The van der Waals surface area contributed by atoms with Crippen molar-refractivity contribution in [3.8, 4) is 0 Å². The highest BCUT2D eigenvalue weighted by Crippen LogP contribution is 2.20. The lowest BCUT2D eigenvalue weighted by atomic mass is 9.88. The molecule has 0 aromatic rings. The maximum atomic E-state index is 9.11. The number of nitrogens with zero attached hydrogens (tertiary/aromatic N) is 1. The summed E-state index contributed by atoms with van der Waals surface area (Å²) in [5.41, 5.74) is -0.0239. The summed E-state index contributed by atoms with van der Waals surface area (Å²) >= 11 is 0. The highest BCUT2D eigenvalue weighted by Gasteiger charge is 2.22. The molecule has 0 radical (unpaired) electrons. The Morgan fingerprint density at radius 1 is 1.33 bits per heavy atom. The molecule has 0 heterocycles. The number of likely N-dealkylation sites (N-methyl/N-ethyl adjacent to an activating group) is 1. The fourth-order valence-corrected chi connectivity index (χ4v) is 1.18. The third-order valence-corrected chi connectivity index (χ3v) is 2.37. The highest BCUT2D eigenvalue weighted by atomic mass is 16.3. The minimum absolute atomic E-state index is 0.0239. The molecule has 0 aromatic carbocycles. The molecule has 0 spiro atoms. The van der Waals surface area contributed by atoms with Gasteiger partial charge in [0.05, 0.1) is 6.61 Å². The van der Waals surface area contributed by atoms with Gasteiger partial charge in [-0.05, 0) is 13.5 Å². The minimum atomic E-state index is -0.0239. The molecule has 0 amide bonds. The molecule has 0 aliphatic heterocycles. The molecule has 12 heavy (non-hydrogen) atoms. The van der Waals surface area contributed by atoms with E-state index in [4.69, 9.17) is 10.2 Å². The Kier molecular flexibility index (Phi) is 5.46. The Bertz CT molecular complexity index is 113. The number of rotatable bonds is 6. The molecule has 1 atom stereocenters. The maximum Gasteiger partial charge on any atom is 0.0558 e. The zero-order valence-electron chi connectivity index (χ0n) is 8.38. The summed E-state index contributed by atoms with van der Waals surface area (Å²) in [7, 11) is 1.96. The second-order valence-corrected chi connectivity index (χ2v) is 3.78. The summed E-state index contributed by atoms with van der Waals surface area (Å²) in [5, 5.41) is 17.8. The SMILES string of the molecule is CCC(C)(CO)CN(C)CCO. The summed E-state index contributed by atoms with van der Waals surface area (Å²) in [5.74, 6) is 0. The third-order valence-electron chi connectivity index (χ3n) is 2.37. The number of hydrogen-bond acceptors (Lipinski definition) is 3. The lowest BCUT2D eigenvalue weighted by molar-refractivity contribution is 0.0875. The Balaban J connectivity index is 3.84. The van der Waals surface area contributed by atoms with Gasteiger partial charge in [-0.25, -0.2) is 0 Å². The number of hydrogen-bond donors (Lipinski definition) is 2. The van der Waals surface area contributed by atoms with Crippen molar-refractivity contribution < 1.29 is 10.2 Å². The molecule has 3 heteroatoms. The molecule has 0 aliphatic carbocycles. The van der Waals surface area contributed by atoms with Crippen LogP contribution in [0.25, 0.3) is 0 Å². The van der Waals surface area contributed by atoms with Gasteiger partial charge in [0.25, 0.3) is 0 Å². The zero-order valence-corrected chi connectivity index (χ0v) is 8.38. The Morgan fingerprint density at radius 3 is 2.25 bits per heavy atom. The molecule has 0 aromatic heterocycles. The van der Waals surface area contributed by atoms with Crippen LogP contribution < -0.4 is 0 Å². The second-order valence-electron chi connectivity index (χ2n) is 3.78. The van der Waals surface area contributed by atoms with Crippen molar-refractivity contribution in [1.82, 2.24) is 4.90 Å². The van der Waals surface area contributed by atoms with Crippen LogP contribution in [0.4, 0.5) is 0 Å². The lowest BCUT2D eigenvalue weighted by Crippen LogP contribution is -2.37. The van der Waals surface area contributed by atoms with Gasteiger partial charge in [0, 0.05) is 25.1 Å². The number of aliphatic hydroxyl groups excluding tert-OH is 2. The first-order valence-corrected chi connectivity index (χ1v) is 4.48. The quantitative estimate of drug-likeness (QED) is 0.611. The van der Waals surface area contributed by atoms with E-state index in [1.807, 2.05) is 11.9 Å². The van der Waals surface area contributed by atoms with Crippen molar-refractivity contribution in [2.45, 2.75) is 20.3 Å². The van der Waals surface area contributed by atoms with Crippen LogP contribution in [-0.2, 0) is 0 Å². The minimum Gasteiger partial charge on any atom is -0.396 e. The highest BCUT2D eigenvalue weighted by molar-refractivity contribution is 4.74. The van der Waals surface area contributed by atoms with E-state index in [2.05, 4.69) is 13.8 Å². The van der Waals surface area contributed by atoms with Crippen molar-refractivity contribution in [3.05, 3.63) is 0 Å². The van der Waals surface area contributed by atoms with E-state index in [0.29, 0.717) is 6.54 Å². The summed E-state index contributed by atoms with van der Waals surface area (Å²) in [6.45, 7) is 6.03. The van der Waals surface area contributed by atoms with Gasteiger partial charge in [-0.15, -0.1) is 0 Å². The predicted octanol–water partition coefficient (Wildman–Crippen LogP) is 0.319. The van der Waals surface area contributed by atoms with Gasteiger partial charge in [-0.1, -0.05) is 13.8 Å². The fourth-order valence-electron chi connectivity index (χ4n) is 1.18. The average Bonchev–Trinajstić information content (AvgIpc) is 2.05. The van der Waals surface area contributed by atoms with Gasteiger partial charge in [0.15, 0.2) is 0 Å². The summed E-state index contributed by atoms with van der Waals surface area (Å²) in [4.78, 5) is 2.04. The molecular formula is C9H21NO2. The zero-order chi connectivity index (χ0) is 9.61. The molecule has 0 aliphatic rings. The van der Waals surface area contributed by atoms with Crippen LogP contribution in [0.1, 0.15) is 20.3 Å². The van der Waals surface area contributed by atoms with Crippen LogP contribution in [0.2, 0.25) is 0 Å². The largest absolute Gasteiger partial charge is 0.396 e.